The molecule has 82 valence electrons. The largest absolute Gasteiger partial charge is 0.271 e. The highest BCUT2D eigenvalue weighted by molar-refractivity contribution is 5.34. The summed E-state index contributed by atoms with van der Waals surface area (Å²) < 4.78 is 0. The van der Waals surface area contributed by atoms with Crippen molar-refractivity contribution in [3.63, 3.8) is 0 Å². The van der Waals surface area contributed by atoms with Crippen LogP contribution in [0, 0.1) is 0 Å². The van der Waals surface area contributed by atoms with Gasteiger partial charge in [0.1, 0.15) is 0 Å². The predicted octanol–water partition coefficient (Wildman–Crippen LogP) is 2.87. The number of hydrogen-bond donors (Lipinski definition) is 2. The first-order valence-electron chi connectivity index (χ1n) is 5.91. The Morgan fingerprint density at radius 1 is 1.40 bits per heavy atom. The summed E-state index contributed by atoms with van der Waals surface area (Å²) in [4.78, 5) is 0. The van der Waals surface area contributed by atoms with Gasteiger partial charge in [-0.15, -0.1) is 0 Å². The summed E-state index contributed by atoms with van der Waals surface area (Å²) in [5.41, 5.74) is 5.81. The van der Waals surface area contributed by atoms with Gasteiger partial charge in [-0.05, 0) is 36.3 Å². The first-order chi connectivity index (χ1) is 7.36. The van der Waals surface area contributed by atoms with E-state index in [0.717, 1.165) is 12.3 Å². The maximum atomic E-state index is 5.59. The molecule has 1 aromatic carbocycles. The van der Waals surface area contributed by atoms with E-state index in [4.69, 9.17) is 5.84 Å². The quantitative estimate of drug-likeness (QED) is 0.584. The molecule has 1 saturated carbocycles. The third kappa shape index (κ3) is 2.06. The fourth-order valence-electron chi connectivity index (χ4n) is 2.35. The highest BCUT2D eigenvalue weighted by atomic mass is 15.2. The lowest BCUT2D eigenvalue weighted by Crippen LogP contribution is -2.29. The van der Waals surface area contributed by atoms with Gasteiger partial charge in [-0.25, -0.2) is 0 Å². The molecule has 0 saturated heterocycles. The van der Waals surface area contributed by atoms with E-state index in [9.17, 15) is 0 Å². The van der Waals surface area contributed by atoms with E-state index in [-0.39, 0.29) is 0 Å². The second-order valence-electron chi connectivity index (χ2n) is 4.38. The topological polar surface area (TPSA) is 38.0 Å². The van der Waals surface area contributed by atoms with Gasteiger partial charge in [0.15, 0.2) is 0 Å². The molecular formula is C13H20N2. The van der Waals surface area contributed by atoms with E-state index >= 15 is 0 Å². The molecule has 0 aliphatic heterocycles. The smallest absolute Gasteiger partial charge is 0.0460 e. The third-order valence-corrected chi connectivity index (χ3v) is 3.53. The van der Waals surface area contributed by atoms with Crippen LogP contribution in [0.5, 0.6) is 0 Å². The van der Waals surface area contributed by atoms with Crippen molar-refractivity contribution < 1.29 is 0 Å². The normalized spacial score (nSPS) is 18.5. The zero-order valence-corrected chi connectivity index (χ0v) is 9.37. The highest BCUT2D eigenvalue weighted by Gasteiger charge is 2.23. The van der Waals surface area contributed by atoms with E-state index in [0.29, 0.717) is 6.04 Å². The van der Waals surface area contributed by atoms with Gasteiger partial charge in [-0.1, -0.05) is 37.6 Å². The number of rotatable bonds is 4. The summed E-state index contributed by atoms with van der Waals surface area (Å²) >= 11 is 0. The number of nitrogens with two attached hydrogens (primary N) is 1. The first kappa shape index (κ1) is 10.7. The van der Waals surface area contributed by atoms with Gasteiger partial charge < -0.3 is 0 Å². The second kappa shape index (κ2) is 4.77. The maximum Gasteiger partial charge on any atom is 0.0460 e. The third-order valence-electron chi connectivity index (χ3n) is 3.53. The number of hydrazine groups is 1. The molecule has 2 heteroatoms. The van der Waals surface area contributed by atoms with Crippen molar-refractivity contribution in [3.8, 4) is 0 Å². The zero-order valence-electron chi connectivity index (χ0n) is 9.37. The number of benzene rings is 1. The summed E-state index contributed by atoms with van der Waals surface area (Å²) in [6, 6.07) is 9.03. The molecule has 3 N–H and O–H groups in total. The van der Waals surface area contributed by atoms with Crippen molar-refractivity contribution in [2.75, 3.05) is 0 Å². The van der Waals surface area contributed by atoms with Crippen molar-refractivity contribution in [1.29, 1.82) is 0 Å². The van der Waals surface area contributed by atoms with Gasteiger partial charge in [-0.3, -0.25) is 11.3 Å². The van der Waals surface area contributed by atoms with E-state index < -0.39 is 0 Å². The molecule has 1 aliphatic rings. The van der Waals surface area contributed by atoms with Crippen LogP contribution in [0.2, 0.25) is 0 Å². The maximum absolute atomic E-state index is 5.59. The molecule has 2 rings (SSSR count). The Bertz CT molecular complexity index is 314. The molecule has 0 aromatic heterocycles. The van der Waals surface area contributed by atoms with Crippen LogP contribution in [0.3, 0.4) is 0 Å². The highest BCUT2D eigenvalue weighted by Crippen LogP contribution is 2.39. The minimum Gasteiger partial charge on any atom is -0.271 e. The molecule has 0 radical (unpaired) electrons. The predicted molar refractivity (Wildman–Crippen MR) is 63.4 cm³/mol. The Labute approximate surface area is 91.8 Å². The lowest BCUT2D eigenvalue weighted by atomic mass is 9.77. The Balaban J connectivity index is 2.27. The van der Waals surface area contributed by atoms with Gasteiger partial charge in [0.25, 0.3) is 0 Å². The minimum atomic E-state index is 0.307. The second-order valence-corrected chi connectivity index (χ2v) is 4.38. The van der Waals surface area contributed by atoms with Crippen molar-refractivity contribution in [2.45, 2.75) is 44.6 Å². The van der Waals surface area contributed by atoms with Gasteiger partial charge in [0.2, 0.25) is 0 Å². The SMILES string of the molecule is CCC(NN)c1ccccc1C1CCC1. The van der Waals surface area contributed by atoms with Gasteiger partial charge in [-0.2, -0.15) is 0 Å². The Morgan fingerprint density at radius 2 is 2.13 bits per heavy atom. The molecule has 1 aromatic rings. The summed E-state index contributed by atoms with van der Waals surface area (Å²) in [7, 11) is 0. The standard InChI is InChI=1S/C13H20N2/c1-2-13(15-14)12-9-4-3-8-11(12)10-6-5-7-10/h3-4,8-10,13,15H,2,5-7,14H2,1H3. The molecule has 0 amide bonds. The molecule has 1 unspecified atom stereocenters. The van der Waals surface area contributed by atoms with Crippen molar-refractivity contribution in [2.24, 2.45) is 5.84 Å². The average molecular weight is 204 g/mol. The van der Waals surface area contributed by atoms with Crippen LogP contribution >= 0.6 is 0 Å². The molecular weight excluding hydrogens is 184 g/mol. The van der Waals surface area contributed by atoms with Crippen molar-refractivity contribution in [3.05, 3.63) is 35.4 Å². The number of hydrogen-bond acceptors (Lipinski definition) is 2. The Hall–Kier alpha value is -0.860. The van der Waals surface area contributed by atoms with E-state index in [2.05, 4.69) is 36.6 Å². The molecule has 1 fully saturated rings. The van der Waals surface area contributed by atoms with Crippen molar-refractivity contribution >= 4 is 0 Å². The lowest BCUT2D eigenvalue weighted by Gasteiger charge is -2.30. The summed E-state index contributed by atoms with van der Waals surface area (Å²) in [6.07, 6.45) is 5.11. The van der Waals surface area contributed by atoms with Crippen LogP contribution in [0.25, 0.3) is 0 Å². The van der Waals surface area contributed by atoms with Crippen LogP contribution in [-0.2, 0) is 0 Å². The summed E-state index contributed by atoms with van der Waals surface area (Å²) in [6.45, 7) is 2.17. The van der Waals surface area contributed by atoms with Crippen LogP contribution < -0.4 is 11.3 Å². The summed E-state index contributed by atoms with van der Waals surface area (Å²) in [5.74, 6) is 6.37. The van der Waals surface area contributed by atoms with E-state index in [1.54, 1.807) is 0 Å². The van der Waals surface area contributed by atoms with Crippen LogP contribution in [0.15, 0.2) is 24.3 Å². The zero-order chi connectivity index (χ0) is 10.7. The first-order valence-corrected chi connectivity index (χ1v) is 5.91. The number of nitrogens with one attached hydrogen (secondary N) is 1. The van der Waals surface area contributed by atoms with Crippen LogP contribution in [0.1, 0.15) is 55.7 Å². The van der Waals surface area contributed by atoms with Gasteiger partial charge >= 0.3 is 0 Å². The van der Waals surface area contributed by atoms with Crippen molar-refractivity contribution in [1.82, 2.24) is 5.43 Å². The van der Waals surface area contributed by atoms with E-state index in [1.807, 2.05) is 0 Å². The fourth-order valence-corrected chi connectivity index (χ4v) is 2.35. The van der Waals surface area contributed by atoms with Crippen LogP contribution in [0.4, 0.5) is 0 Å². The summed E-state index contributed by atoms with van der Waals surface area (Å²) in [5, 5.41) is 0. The molecule has 15 heavy (non-hydrogen) atoms. The molecule has 1 aliphatic carbocycles. The Kier molecular flexibility index (Phi) is 3.39. The Morgan fingerprint density at radius 3 is 2.67 bits per heavy atom. The molecule has 0 spiro atoms. The molecule has 0 heterocycles. The minimum absolute atomic E-state index is 0.307. The lowest BCUT2D eigenvalue weighted by molar-refractivity contribution is 0.410. The van der Waals surface area contributed by atoms with Crippen LogP contribution in [-0.4, -0.2) is 0 Å². The molecule has 2 nitrogen and oxygen atoms in total. The van der Waals surface area contributed by atoms with Gasteiger partial charge in [0.05, 0.1) is 0 Å². The molecule has 0 bridgehead atoms. The van der Waals surface area contributed by atoms with E-state index in [1.165, 1.54) is 30.4 Å². The molecule has 1 atom stereocenters. The van der Waals surface area contributed by atoms with Gasteiger partial charge in [0, 0.05) is 6.04 Å². The monoisotopic (exact) mass is 204 g/mol. The average Bonchev–Trinajstić information content (AvgIpc) is 2.20. The fraction of sp³-hybridized carbons (Fsp3) is 0.538.